The van der Waals surface area contributed by atoms with E-state index in [0.29, 0.717) is 111 Å². The fourth-order valence-corrected chi connectivity index (χ4v) is 16.3. The van der Waals surface area contributed by atoms with Gasteiger partial charge in [-0.25, -0.2) is 0 Å². The molecular weight excluding hydrogens is 1060 g/mol. The summed E-state index contributed by atoms with van der Waals surface area (Å²) in [5, 5.41) is 78.3. The molecule has 7 aromatic carbocycles. The number of nitrogens with one attached hydrogen (secondary N) is 1. The average Bonchev–Trinajstić information content (AvgIpc) is 1.18. The Hall–Kier alpha value is -9.59. The zero-order chi connectivity index (χ0) is 58.0. The van der Waals surface area contributed by atoms with Crippen LogP contribution in [-0.4, -0.2) is 120 Å². The summed E-state index contributed by atoms with van der Waals surface area (Å²) < 4.78 is 0. The third kappa shape index (κ3) is 6.39. The third-order valence-electron chi connectivity index (χ3n) is 19.4. The number of anilines is 13. The fraction of sp³-hybridized carbons (Fsp3) is 0.328. The van der Waals surface area contributed by atoms with Gasteiger partial charge in [-0.05, 0) is 54.6 Å². The van der Waals surface area contributed by atoms with Gasteiger partial charge in [-0.1, -0.05) is 18.2 Å². The van der Waals surface area contributed by atoms with Crippen LogP contribution in [0.4, 0.5) is 73.9 Å². The van der Waals surface area contributed by atoms with E-state index in [1.165, 1.54) is 0 Å². The van der Waals surface area contributed by atoms with Crippen LogP contribution in [0, 0.1) is 0 Å². The average molecular weight is 1130 g/mol. The van der Waals surface area contributed by atoms with Crippen LogP contribution >= 0.6 is 0 Å². The molecule has 1 amide bonds. The molecule has 0 aliphatic carbocycles. The molecule has 1 atom stereocenters. The second kappa shape index (κ2) is 17.0. The van der Waals surface area contributed by atoms with Gasteiger partial charge < -0.3 is 94.8 Å². The fourth-order valence-electron chi connectivity index (χ4n) is 16.3. The highest BCUT2D eigenvalue weighted by molar-refractivity contribution is 6.14. The summed E-state index contributed by atoms with van der Waals surface area (Å²) >= 11 is 0. The number of fused-ring (bicyclic) bond motifs is 27. The first kappa shape index (κ1) is 50.2. The molecule has 0 aromatic heterocycles. The summed E-state index contributed by atoms with van der Waals surface area (Å²) in [6.45, 7) is 4.60. The van der Waals surface area contributed by atoms with Crippen LogP contribution in [0.1, 0.15) is 61.2 Å². The summed E-state index contributed by atoms with van der Waals surface area (Å²) in [4.78, 5) is 42.3. The molecular formula is C64H67N13O7. The van der Waals surface area contributed by atoms with Crippen LogP contribution in [0.5, 0.6) is 34.5 Å². The van der Waals surface area contributed by atoms with E-state index in [0.717, 1.165) is 90.1 Å². The van der Waals surface area contributed by atoms with Crippen molar-refractivity contribution in [3.8, 4) is 34.5 Å². The number of nitrogens with zero attached hydrogens (tertiary/aromatic N) is 12. The summed E-state index contributed by atoms with van der Waals surface area (Å²) in [6, 6.07) is 22.5. The number of benzene rings is 7. The van der Waals surface area contributed by atoms with Crippen molar-refractivity contribution < 1.29 is 35.4 Å². The van der Waals surface area contributed by atoms with E-state index < -0.39 is 11.3 Å². The van der Waals surface area contributed by atoms with Gasteiger partial charge in [-0.2, -0.15) is 0 Å². The second-order valence-corrected chi connectivity index (χ2v) is 25.0. The molecule has 430 valence electrons. The number of phenolic OH excluding ortho intramolecular Hbond substituents is 6. The number of phenols is 6. The van der Waals surface area contributed by atoms with Gasteiger partial charge >= 0.3 is 0 Å². The third-order valence-corrected chi connectivity index (χ3v) is 19.4. The smallest absolute Gasteiger partial charge is 0.244 e. The number of aromatic hydroxyl groups is 6. The molecule has 7 aromatic rings. The minimum Gasteiger partial charge on any atom is -0.508 e. The van der Waals surface area contributed by atoms with E-state index in [2.05, 4.69) is 54.3 Å². The standard InChI is InChI=1S/C64H67N13O7/c1-66(2)44-13-16-48(78)55-34(44)22-71-29-70(55)21-33-19-51(81)38-26-77-32-75(58(38)53(33)71)25-37-47(69(7)8)20-42(61(82)59(37)77)64(41-11-9-10-12-43(41)65-63(64)84)52-39-27-73-30-72(23-35-45(67(3)4)14-17-49(79)56(35)73)54(39)40-28-74-31-76(60(40)62(52)83)24-36-46(68(5)6)15-18-50(80)57(36)74/h9-20,78-83H,21-32H2,1-8H3,(H,65,84). The van der Waals surface area contributed by atoms with E-state index in [1.54, 1.807) is 18.2 Å². The molecule has 0 saturated heterocycles. The predicted molar refractivity (Wildman–Crippen MR) is 330 cm³/mol. The Bertz CT molecular complexity index is 4130. The number of hydrogen-bond acceptors (Lipinski definition) is 19. The van der Waals surface area contributed by atoms with Gasteiger partial charge in [0.2, 0.25) is 5.91 Å². The molecule has 8 bridgehead atoms. The molecule has 0 saturated carbocycles. The molecule has 9 aliphatic rings. The lowest BCUT2D eigenvalue weighted by Crippen LogP contribution is -2.52. The quantitative estimate of drug-likeness (QED) is 0.0859. The van der Waals surface area contributed by atoms with Crippen LogP contribution in [-0.2, 0) is 62.6 Å². The molecule has 84 heavy (non-hydrogen) atoms. The summed E-state index contributed by atoms with van der Waals surface area (Å²) in [7, 11) is 16.0. The normalized spacial score (nSPS) is 18.6. The van der Waals surface area contributed by atoms with Gasteiger partial charge in [0.25, 0.3) is 0 Å². The Morgan fingerprint density at radius 2 is 0.798 bits per heavy atom. The summed E-state index contributed by atoms with van der Waals surface area (Å²) in [6.07, 6.45) is 0. The number of carbonyl (C=O) groups excluding carboxylic acids is 1. The van der Waals surface area contributed by atoms with Gasteiger partial charge in [-0.15, -0.1) is 0 Å². The molecule has 20 heteroatoms. The second-order valence-electron chi connectivity index (χ2n) is 25.0. The minimum absolute atomic E-state index is 0.0813. The predicted octanol–water partition coefficient (Wildman–Crippen LogP) is 7.66. The van der Waals surface area contributed by atoms with Gasteiger partial charge in [0.05, 0.1) is 78.7 Å². The van der Waals surface area contributed by atoms with Crippen LogP contribution in [0.3, 0.4) is 0 Å². The van der Waals surface area contributed by atoms with E-state index in [-0.39, 0.29) is 47.6 Å². The Balaban J connectivity index is 0.918. The van der Waals surface area contributed by atoms with Crippen LogP contribution in [0.15, 0.2) is 72.8 Å². The van der Waals surface area contributed by atoms with Crippen molar-refractivity contribution in [3.05, 3.63) is 134 Å². The largest absolute Gasteiger partial charge is 0.508 e. The number of rotatable bonds is 6. The number of carbonyl (C=O) groups is 1. The SMILES string of the molecule is CN(C)c1ccc(O)c2c1CN1CN2Cc2c1c(O)c(C1(c3cc(N(C)C)c4c(c3O)N3Cc5c(O)cc6c(c5N(C4)C3)N3Cc4c(N(C)C)ccc(O)c4N(C6)C3)C(=O)Nc3ccccc31)c1c2N2Cc3c(N(C)C)ccc(O)c3N(C1)C2. The highest BCUT2D eigenvalue weighted by atomic mass is 16.3. The van der Waals surface area contributed by atoms with Crippen molar-refractivity contribution in [2.24, 2.45) is 0 Å². The van der Waals surface area contributed by atoms with Crippen LogP contribution in [0.25, 0.3) is 0 Å². The molecule has 0 radical (unpaired) electrons. The minimum atomic E-state index is -1.88. The van der Waals surface area contributed by atoms with E-state index in [9.17, 15) is 30.6 Å². The van der Waals surface area contributed by atoms with Gasteiger partial charge in [-0.3, -0.25) is 4.79 Å². The lowest BCUT2D eigenvalue weighted by atomic mass is 9.66. The molecule has 1 unspecified atom stereocenters. The number of hydrogen-bond donors (Lipinski definition) is 7. The van der Waals surface area contributed by atoms with Gasteiger partial charge in [0.15, 0.2) is 0 Å². The Morgan fingerprint density at radius 1 is 0.381 bits per heavy atom. The lowest BCUT2D eigenvalue weighted by Gasteiger charge is -2.52. The Labute approximate surface area is 486 Å². The zero-order valence-corrected chi connectivity index (χ0v) is 48.4. The summed E-state index contributed by atoms with van der Waals surface area (Å²) in [5.74, 6) is 0.0537. The maximum absolute atomic E-state index is 16.4. The van der Waals surface area contributed by atoms with Gasteiger partial charge in [0, 0.05) is 192 Å². The molecule has 16 rings (SSSR count). The molecule has 0 spiro atoms. The van der Waals surface area contributed by atoms with Crippen LogP contribution < -0.4 is 64.1 Å². The monoisotopic (exact) mass is 1130 g/mol. The van der Waals surface area contributed by atoms with Crippen molar-refractivity contribution in [1.82, 2.24) is 0 Å². The maximum atomic E-state index is 16.4. The highest BCUT2D eigenvalue weighted by Gasteiger charge is 2.58. The van der Waals surface area contributed by atoms with E-state index in [4.69, 9.17) is 0 Å². The highest BCUT2D eigenvalue weighted by Crippen LogP contribution is 2.65. The molecule has 20 nitrogen and oxygen atoms in total. The molecule has 7 N–H and O–H groups in total. The first-order valence-corrected chi connectivity index (χ1v) is 28.7. The van der Waals surface area contributed by atoms with Crippen molar-refractivity contribution in [3.63, 3.8) is 0 Å². The van der Waals surface area contributed by atoms with Gasteiger partial charge in [0.1, 0.15) is 39.9 Å². The van der Waals surface area contributed by atoms with Crippen LogP contribution in [0.2, 0.25) is 0 Å². The molecule has 9 aliphatic heterocycles. The first-order valence-electron chi connectivity index (χ1n) is 28.7. The molecule has 9 heterocycles. The topological polar surface area (TPSA) is 189 Å². The van der Waals surface area contributed by atoms with E-state index >= 15 is 4.79 Å². The van der Waals surface area contributed by atoms with Crippen molar-refractivity contribution in [2.45, 2.75) is 57.8 Å². The number of amides is 1. The van der Waals surface area contributed by atoms with Crippen molar-refractivity contribution in [1.29, 1.82) is 0 Å². The van der Waals surface area contributed by atoms with Crippen molar-refractivity contribution >= 4 is 79.8 Å². The first-order chi connectivity index (χ1) is 40.3. The zero-order valence-electron chi connectivity index (χ0n) is 48.4. The summed E-state index contributed by atoms with van der Waals surface area (Å²) in [5.41, 5.74) is 16.7. The van der Waals surface area contributed by atoms with Crippen molar-refractivity contribution in [2.75, 3.05) is 147 Å². The number of para-hydroxylation sites is 1. The van der Waals surface area contributed by atoms with E-state index in [1.807, 2.05) is 121 Å². The Morgan fingerprint density at radius 3 is 1.33 bits per heavy atom. The molecule has 0 fully saturated rings. The Kier molecular flexibility index (Phi) is 10.2. The lowest BCUT2D eigenvalue weighted by molar-refractivity contribution is -0.118. The maximum Gasteiger partial charge on any atom is 0.244 e.